The third-order valence-corrected chi connectivity index (χ3v) is 12.7. The van der Waals surface area contributed by atoms with Crippen molar-refractivity contribution in [2.45, 2.75) is 89.4 Å². The number of rotatable bonds is 4. The Kier molecular flexibility index (Phi) is 8.61. The molecule has 6 aromatic carbocycles. The second-order valence-electron chi connectivity index (χ2n) is 15.5. The van der Waals surface area contributed by atoms with E-state index in [4.69, 9.17) is 0 Å². The Labute approximate surface area is 305 Å². The lowest BCUT2D eigenvalue weighted by Crippen LogP contribution is -2.61. The molecule has 0 radical (unpaired) electrons. The number of benzene rings is 6. The van der Waals surface area contributed by atoms with Gasteiger partial charge in [0.25, 0.3) is 0 Å². The van der Waals surface area contributed by atoms with Crippen LogP contribution in [0.4, 0.5) is 26.3 Å². The van der Waals surface area contributed by atoms with Crippen molar-refractivity contribution in [3.8, 4) is 33.4 Å². The van der Waals surface area contributed by atoms with Crippen LogP contribution < -0.4 is 0 Å². The highest BCUT2D eigenvalue weighted by molar-refractivity contribution is 6.12. The quantitative estimate of drug-likeness (QED) is 0.0966. The predicted molar refractivity (Wildman–Crippen MR) is 199 cm³/mol. The first kappa shape index (κ1) is 34.2. The second kappa shape index (κ2) is 13.3. The Balaban J connectivity index is 1.48. The van der Waals surface area contributed by atoms with Gasteiger partial charge in [0.2, 0.25) is 0 Å². The molecule has 2 aliphatic carbocycles. The first-order chi connectivity index (χ1) is 25.7. The summed E-state index contributed by atoms with van der Waals surface area (Å²) in [6, 6.07) is 24.8. The molecule has 1 aliphatic heterocycles. The number of halogens is 6. The largest absolute Gasteiger partial charge is 0.311 e. The first-order valence-corrected chi connectivity index (χ1v) is 19.0. The molecule has 53 heavy (non-hydrogen) atoms. The Morgan fingerprint density at radius 2 is 0.792 bits per heavy atom. The lowest BCUT2D eigenvalue weighted by molar-refractivity contribution is -0.999. The second-order valence-corrected chi connectivity index (χ2v) is 15.5. The van der Waals surface area contributed by atoms with E-state index in [2.05, 4.69) is 12.1 Å². The molecule has 1 nitrogen and oxygen atoms in total. The van der Waals surface area contributed by atoms with Gasteiger partial charge in [0, 0.05) is 22.3 Å². The fourth-order valence-electron chi connectivity index (χ4n) is 10.3. The van der Waals surface area contributed by atoms with Gasteiger partial charge in [0.05, 0.1) is 12.1 Å². The highest BCUT2D eigenvalue weighted by Crippen LogP contribution is 2.53. The summed E-state index contributed by atoms with van der Waals surface area (Å²) in [6.45, 7) is 1.14. The summed E-state index contributed by atoms with van der Waals surface area (Å²) in [7, 11) is 0. The molecule has 0 spiro atoms. The van der Waals surface area contributed by atoms with Gasteiger partial charge in [-0.1, -0.05) is 61.4 Å². The fraction of sp³-hybridized carbons (Fsp3) is 0.304. The molecule has 6 aromatic rings. The summed E-state index contributed by atoms with van der Waals surface area (Å²) < 4.78 is 90.4. The van der Waals surface area contributed by atoms with Crippen molar-refractivity contribution in [1.82, 2.24) is 0 Å². The van der Waals surface area contributed by atoms with Crippen molar-refractivity contribution >= 4 is 21.5 Å². The average Bonchev–Trinajstić information content (AvgIpc) is 3.35. The summed E-state index contributed by atoms with van der Waals surface area (Å²) >= 11 is 0. The zero-order chi connectivity index (χ0) is 36.4. The predicted octanol–water partition coefficient (Wildman–Crippen LogP) is 13.3. The van der Waals surface area contributed by atoms with E-state index >= 15 is 17.6 Å². The maximum atomic E-state index is 15.2. The van der Waals surface area contributed by atoms with E-state index in [9.17, 15) is 8.78 Å². The maximum absolute atomic E-state index is 15.2. The number of nitrogens with zero attached hydrogens (tertiary/aromatic N) is 1. The van der Waals surface area contributed by atoms with Crippen molar-refractivity contribution in [3.05, 3.63) is 131 Å². The van der Waals surface area contributed by atoms with Crippen molar-refractivity contribution in [2.75, 3.05) is 0 Å². The van der Waals surface area contributed by atoms with Crippen molar-refractivity contribution in [3.63, 3.8) is 0 Å². The minimum absolute atomic E-state index is 0.264. The molecule has 0 saturated heterocycles. The molecule has 7 heteroatoms. The first-order valence-electron chi connectivity index (χ1n) is 19.0. The monoisotopic (exact) mass is 720 g/mol. The highest BCUT2D eigenvalue weighted by Gasteiger charge is 2.48. The zero-order valence-electron chi connectivity index (χ0n) is 29.4. The van der Waals surface area contributed by atoms with E-state index in [1.165, 1.54) is 0 Å². The molecule has 0 N–H and O–H groups in total. The third kappa shape index (κ3) is 5.65. The van der Waals surface area contributed by atoms with Gasteiger partial charge in [-0.3, -0.25) is 0 Å². The number of hydrogen-bond donors (Lipinski definition) is 0. The van der Waals surface area contributed by atoms with Crippen LogP contribution in [0.3, 0.4) is 0 Å². The summed E-state index contributed by atoms with van der Waals surface area (Å²) in [4.78, 5) is 0. The zero-order valence-corrected chi connectivity index (χ0v) is 29.4. The smallest absolute Gasteiger partial charge is 0.194 e. The molecule has 1 heterocycles. The molecular formula is C46H40F6N+. The van der Waals surface area contributed by atoms with E-state index in [0.29, 0.717) is 28.7 Å². The minimum Gasteiger partial charge on any atom is -0.311 e. The molecule has 0 aromatic heterocycles. The van der Waals surface area contributed by atoms with E-state index in [0.717, 1.165) is 132 Å². The van der Waals surface area contributed by atoms with Crippen molar-refractivity contribution in [2.24, 2.45) is 0 Å². The number of hydrogen-bond acceptors (Lipinski definition) is 0. The van der Waals surface area contributed by atoms with Crippen LogP contribution in [0.25, 0.3) is 54.9 Å². The fourth-order valence-corrected chi connectivity index (χ4v) is 10.3. The molecule has 0 atom stereocenters. The molecule has 3 aliphatic rings. The van der Waals surface area contributed by atoms with Gasteiger partial charge in [-0.25, -0.2) is 26.3 Å². The van der Waals surface area contributed by atoms with Crippen LogP contribution in [0.5, 0.6) is 0 Å². The topological polar surface area (TPSA) is 0 Å². The normalized spacial score (nSPS) is 17.8. The van der Waals surface area contributed by atoms with Crippen LogP contribution in [0.2, 0.25) is 0 Å². The summed E-state index contributed by atoms with van der Waals surface area (Å²) in [5.74, 6) is -7.99. The van der Waals surface area contributed by atoms with Crippen LogP contribution in [-0.4, -0.2) is 16.6 Å². The van der Waals surface area contributed by atoms with Crippen LogP contribution >= 0.6 is 0 Å². The average molecular weight is 721 g/mol. The van der Waals surface area contributed by atoms with Gasteiger partial charge in [-0.15, -0.1) is 0 Å². The third-order valence-electron chi connectivity index (χ3n) is 12.7. The molecule has 2 fully saturated rings. The van der Waals surface area contributed by atoms with Crippen molar-refractivity contribution in [1.29, 1.82) is 0 Å². The molecule has 2 saturated carbocycles. The highest BCUT2D eigenvalue weighted by atomic mass is 19.2. The van der Waals surface area contributed by atoms with E-state index in [-0.39, 0.29) is 23.2 Å². The van der Waals surface area contributed by atoms with Gasteiger partial charge in [-0.05, 0) is 132 Å². The molecular weight excluding hydrogens is 681 g/mol. The SMILES string of the molecule is Fc1cc(-c2cc3ccccc3c3c2C[N+](C2CCCCC2)(C2CCCCC2)Cc2c(-c4cc(F)c(F)c(F)c4)cc4ccccc4c2-3)cc(F)c1F. The Hall–Kier alpha value is -4.62. The Bertz CT molecular complexity index is 2190. The number of quaternary nitrogens is 1. The van der Waals surface area contributed by atoms with Gasteiger partial charge in [0.1, 0.15) is 13.1 Å². The van der Waals surface area contributed by atoms with E-state index in [1.54, 1.807) is 0 Å². The summed E-state index contributed by atoms with van der Waals surface area (Å²) in [5, 5.41) is 3.59. The van der Waals surface area contributed by atoms with Crippen molar-refractivity contribution < 1.29 is 30.8 Å². The summed E-state index contributed by atoms with van der Waals surface area (Å²) in [6.07, 6.45) is 10.8. The van der Waals surface area contributed by atoms with E-state index < -0.39 is 34.9 Å². The van der Waals surface area contributed by atoms with Gasteiger partial charge in [-0.2, -0.15) is 0 Å². The van der Waals surface area contributed by atoms with Gasteiger partial charge < -0.3 is 4.48 Å². The van der Waals surface area contributed by atoms with Crippen LogP contribution in [0.15, 0.2) is 84.9 Å². The van der Waals surface area contributed by atoms with Crippen LogP contribution in [0.1, 0.15) is 75.3 Å². The van der Waals surface area contributed by atoms with E-state index in [1.807, 2.05) is 48.5 Å². The summed E-state index contributed by atoms with van der Waals surface area (Å²) in [5.41, 5.74) is 5.50. The Morgan fingerprint density at radius 1 is 0.434 bits per heavy atom. The number of fused-ring (bicyclic) bond motifs is 7. The molecule has 0 amide bonds. The van der Waals surface area contributed by atoms with Crippen LogP contribution in [-0.2, 0) is 13.1 Å². The molecule has 0 bridgehead atoms. The maximum Gasteiger partial charge on any atom is 0.194 e. The molecule has 9 rings (SSSR count). The van der Waals surface area contributed by atoms with Gasteiger partial charge >= 0.3 is 0 Å². The lowest BCUT2D eigenvalue weighted by atomic mass is 9.82. The Morgan fingerprint density at radius 3 is 1.17 bits per heavy atom. The molecule has 0 unspecified atom stereocenters. The van der Waals surface area contributed by atoms with Gasteiger partial charge in [0.15, 0.2) is 34.9 Å². The minimum atomic E-state index is -1.50. The standard InChI is InChI=1S/C46H40F6N/c47-39-21-29(22-40(48)45(39)51)35-19-27-11-7-9-17-33(27)43-37(35)25-53(31-13-3-1-4-14-31,32-15-5-2-6-16-32)26-38-36(30-23-41(49)46(52)42(50)24-30)20-28-12-8-10-18-34(28)44(38)43/h7-12,17-24,31-32H,1-6,13-16,25-26H2/q+1. The van der Waals surface area contributed by atoms with Crippen LogP contribution in [0, 0.1) is 34.9 Å². The molecule has 270 valence electrons. The lowest BCUT2D eigenvalue weighted by Gasteiger charge is -2.52.